The van der Waals surface area contributed by atoms with E-state index in [1.165, 1.54) is 11.4 Å². The summed E-state index contributed by atoms with van der Waals surface area (Å²) in [5, 5.41) is 5.61. The monoisotopic (exact) mass is 349 g/mol. The van der Waals surface area contributed by atoms with Crippen molar-refractivity contribution >= 4 is 21.7 Å². The lowest BCUT2D eigenvalue weighted by atomic mass is 10.2. The number of halogens is 1. The second kappa shape index (κ2) is 7.12. The number of nitrogens with zero attached hydrogens (tertiary/aromatic N) is 3. The van der Waals surface area contributed by atoms with Gasteiger partial charge >= 0.3 is 0 Å². The van der Waals surface area contributed by atoms with E-state index in [1.54, 1.807) is 0 Å². The number of aryl methyl sites for hydroxylation is 1. The van der Waals surface area contributed by atoms with Gasteiger partial charge in [-0.1, -0.05) is 41.1 Å². The van der Waals surface area contributed by atoms with Crippen LogP contribution in [0.4, 0.5) is 5.82 Å². The summed E-state index contributed by atoms with van der Waals surface area (Å²) in [5.74, 6) is 1.22. The zero-order valence-electron chi connectivity index (χ0n) is 13.3. The molecule has 4 heteroatoms. The van der Waals surface area contributed by atoms with Crippen LogP contribution in [-0.2, 0) is 5.33 Å². The molecule has 0 saturated heterocycles. The summed E-state index contributed by atoms with van der Waals surface area (Å²) >= 11 is 3.63. The quantitative estimate of drug-likeness (QED) is 0.704. The van der Waals surface area contributed by atoms with Gasteiger partial charge in [-0.3, -0.25) is 0 Å². The Kier molecular flexibility index (Phi) is 5.45. The van der Waals surface area contributed by atoms with E-state index in [-0.39, 0.29) is 0 Å². The first-order valence-corrected chi connectivity index (χ1v) is 8.68. The molecule has 0 spiro atoms. The summed E-state index contributed by atoms with van der Waals surface area (Å²) in [6, 6.07) is 10.8. The molecular formula is C17H24BrN3. The van der Waals surface area contributed by atoms with Gasteiger partial charge in [-0.2, -0.15) is 5.10 Å². The van der Waals surface area contributed by atoms with Gasteiger partial charge in [0.05, 0.1) is 11.4 Å². The molecule has 114 valence electrons. The standard InChI is InChI=1S/C17H24BrN3/c1-5-11-20(13(2)3)17-16(12-18)14(4)19-21(17)15-9-7-6-8-10-15/h6-10,13H,5,11-12H2,1-4H3. The molecule has 3 nitrogen and oxygen atoms in total. The maximum absolute atomic E-state index is 4.78. The summed E-state index contributed by atoms with van der Waals surface area (Å²) in [6.45, 7) is 9.83. The minimum Gasteiger partial charge on any atom is -0.354 e. The van der Waals surface area contributed by atoms with E-state index in [2.05, 4.69) is 77.5 Å². The first-order chi connectivity index (χ1) is 10.1. The summed E-state index contributed by atoms with van der Waals surface area (Å²) in [6.07, 6.45) is 1.12. The van der Waals surface area contributed by atoms with Crippen LogP contribution in [0.5, 0.6) is 0 Å². The van der Waals surface area contributed by atoms with Crippen LogP contribution in [0.15, 0.2) is 30.3 Å². The average Bonchev–Trinajstić information content (AvgIpc) is 2.81. The van der Waals surface area contributed by atoms with Gasteiger partial charge in [0.25, 0.3) is 0 Å². The number of benzene rings is 1. The van der Waals surface area contributed by atoms with Crippen molar-refractivity contribution in [3.63, 3.8) is 0 Å². The zero-order valence-corrected chi connectivity index (χ0v) is 14.9. The highest BCUT2D eigenvalue weighted by Gasteiger charge is 2.22. The van der Waals surface area contributed by atoms with Gasteiger partial charge in [-0.25, -0.2) is 4.68 Å². The molecule has 0 fully saturated rings. The van der Waals surface area contributed by atoms with Crippen molar-refractivity contribution in [2.24, 2.45) is 0 Å². The molecule has 0 N–H and O–H groups in total. The summed E-state index contributed by atoms with van der Waals surface area (Å²) in [5.41, 5.74) is 3.48. The van der Waals surface area contributed by atoms with E-state index in [0.29, 0.717) is 6.04 Å². The summed E-state index contributed by atoms with van der Waals surface area (Å²) < 4.78 is 2.08. The Balaban J connectivity index is 2.61. The predicted octanol–water partition coefficient (Wildman–Crippen LogP) is 4.70. The fraction of sp³-hybridized carbons (Fsp3) is 0.471. The van der Waals surface area contributed by atoms with E-state index in [4.69, 9.17) is 5.10 Å². The van der Waals surface area contributed by atoms with Crippen molar-refractivity contribution in [3.05, 3.63) is 41.6 Å². The molecule has 0 aliphatic rings. The number of para-hydroxylation sites is 1. The third-order valence-corrected chi connectivity index (χ3v) is 4.21. The first-order valence-electron chi connectivity index (χ1n) is 7.56. The zero-order chi connectivity index (χ0) is 15.4. The van der Waals surface area contributed by atoms with Gasteiger partial charge in [0, 0.05) is 23.5 Å². The number of rotatable bonds is 6. The SMILES string of the molecule is CCCN(c1c(CBr)c(C)nn1-c1ccccc1)C(C)C. The Morgan fingerprint density at radius 3 is 2.43 bits per heavy atom. The Morgan fingerprint density at radius 2 is 1.90 bits per heavy atom. The van der Waals surface area contributed by atoms with Gasteiger partial charge in [0.1, 0.15) is 5.82 Å². The van der Waals surface area contributed by atoms with E-state index in [9.17, 15) is 0 Å². The highest BCUT2D eigenvalue weighted by molar-refractivity contribution is 9.08. The molecule has 1 aromatic carbocycles. The number of hydrogen-bond acceptors (Lipinski definition) is 2. The second-order valence-corrected chi connectivity index (χ2v) is 6.12. The molecule has 0 bridgehead atoms. The van der Waals surface area contributed by atoms with E-state index in [1.807, 2.05) is 6.07 Å². The molecule has 0 saturated carbocycles. The van der Waals surface area contributed by atoms with Crippen molar-refractivity contribution in [2.45, 2.75) is 45.5 Å². The highest BCUT2D eigenvalue weighted by Crippen LogP contribution is 2.30. The maximum atomic E-state index is 4.78. The molecule has 0 unspecified atom stereocenters. The fourth-order valence-corrected chi connectivity index (χ4v) is 3.25. The molecule has 1 heterocycles. The van der Waals surface area contributed by atoms with Gasteiger partial charge in [-0.05, 0) is 39.3 Å². The minimum absolute atomic E-state index is 0.446. The highest BCUT2D eigenvalue weighted by atomic mass is 79.9. The van der Waals surface area contributed by atoms with Gasteiger partial charge in [0.15, 0.2) is 0 Å². The summed E-state index contributed by atoms with van der Waals surface area (Å²) in [4.78, 5) is 2.45. The molecule has 21 heavy (non-hydrogen) atoms. The lowest BCUT2D eigenvalue weighted by molar-refractivity contribution is 0.645. The van der Waals surface area contributed by atoms with Gasteiger partial charge < -0.3 is 4.90 Å². The second-order valence-electron chi connectivity index (χ2n) is 5.56. The smallest absolute Gasteiger partial charge is 0.136 e. The van der Waals surface area contributed by atoms with Crippen LogP contribution in [-0.4, -0.2) is 22.4 Å². The van der Waals surface area contributed by atoms with E-state index < -0.39 is 0 Å². The van der Waals surface area contributed by atoms with Crippen LogP contribution in [0.25, 0.3) is 5.69 Å². The third kappa shape index (κ3) is 3.31. The van der Waals surface area contributed by atoms with Crippen molar-refractivity contribution in [1.82, 2.24) is 9.78 Å². The Bertz CT molecular complexity index is 575. The lowest BCUT2D eigenvalue weighted by Crippen LogP contribution is -2.34. The molecule has 2 rings (SSSR count). The van der Waals surface area contributed by atoms with Crippen molar-refractivity contribution in [2.75, 3.05) is 11.4 Å². The molecule has 0 amide bonds. The van der Waals surface area contributed by atoms with E-state index >= 15 is 0 Å². The Hall–Kier alpha value is -1.29. The third-order valence-electron chi connectivity index (χ3n) is 3.65. The van der Waals surface area contributed by atoms with Crippen LogP contribution < -0.4 is 4.90 Å². The van der Waals surface area contributed by atoms with Crippen molar-refractivity contribution in [3.8, 4) is 5.69 Å². The number of alkyl halides is 1. The minimum atomic E-state index is 0.446. The summed E-state index contributed by atoms with van der Waals surface area (Å²) in [7, 11) is 0. The molecule has 2 aromatic rings. The van der Waals surface area contributed by atoms with Crippen molar-refractivity contribution < 1.29 is 0 Å². The van der Waals surface area contributed by atoms with Crippen LogP contribution in [0.1, 0.15) is 38.4 Å². The number of hydrogen-bond donors (Lipinski definition) is 0. The fourth-order valence-electron chi connectivity index (χ4n) is 2.60. The van der Waals surface area contributed by atoms with E-state index in [0.717, 1.165) is 29.7 Å². The largest absolute Gasteiger partial charge is 0.354 e. The molecular weight excluding hydrogens is 326 g/mol. The molecule has 0 aliphatic heterocycles. The maximum Gasteiger partial charge on any atom is 0.136 e. The molecule has 0 radical (unpaired) electrons. The Morgan fingerprint density at radius 1 is 1.24 bits per heavy atom. The molecule has 0 atom stereocenters. The number of aromatic nitrogens is 2. The van der Waals surface area contributed by atoms with Gasteiger partial charge in [0.2, 0.25) is 0 Å². The van der Waals surface area contributed by atoms with Crippen molar-refractivity contribution in [1.29, 1.82) is 0 Å². The average molecular weight is 350 g/mol. The predicted molar refractivity (Wildman–Crippen MR) is 93.7 cm³/mol. The molecule has 1 aromatic heterocycles. The topological polar surface area (TPSA) is 21.1 Å². The molecule has 0 aliphatic carbocycles. The Labute approximate surface area is 136 Å². The van der Waals surface area contributed by atoms with Crippen LogP contribution in [0.2, 0.25) is 0 Å². The lowest BCUT2D eigenvalue weighted by Gasteiger charge is -2.30. The van der Waals surface area contributed by atoms with Crippen LogP contribution in [0, 0.1) is 6.92 Å². The van der Waals surface area contributed by atoms with Gasteiger partial charge in [-0.15, -0.1) is 0 Å². The number of anilines is 1. The first kappa shape index (κ1) is 16.1. The normalized spacial score (nSPS) is 11.1. The van der Waals surface area contributed by atoms with Crippen LogP contribution in [0.3, 0.4) is 0 Å². The van der Waals surface area contributed by atoms with Crippen LogP contribution >= 0.6 is 15.9 Å².